The van der Waals surface area contributed by atoms with Gasteiger partial charge in [0.1, 0.15) is 34.5 Å². The summed E-state index contributed by atoms with van der Waals surface area (Å²) >= 11 is 0. The van der Waals surface area contributed by atoms with Crippen LogP contribution in [-0.4, -0.2) is 67.4 Å². The highest BCUT2D eigenvalue weighted by Gasteiger charge is 2.21. The number of unbranched alkanes of at least 4 members (excludes halogenated alkanes) is 2. The molecule has 0 saturated carbocycles. The fraction of sp³-hybridized carbons (Fsp3) is 0.426. The molecule has 0 amide bonds. The Labute approximate surface area is 320 Å². The predicted molar refractivity (Wildman–Crippen MR) is 218 cm³/mol. The fourth-order valence-electron chi connectivity index (χ4n) is 8.20. The van der Waals surface area contributed by atoms with Gasteiger partial charge in [-0.2, -0.15) is 0 Å². The number of piperidine rings is 2. The Morgan fingerprint density at radius 1 is 0.630 bits per heavy atom. The molecule has 7 rings (SSSR count). The van der Waals surface area contributed by atoms with Gasteiger partial charge in [-0.1, -0.05) is 72.8 Å². The van der Waals surface area contributed by atoms with Crippen LogP contribution in [0.3, 0.4) is 0 Å². The van der Waals surface area contributed by atoms with Crippen molar-refractivity contribution in [3.8, 4) is 28.4 Å². The lowest BCUT2D eigenvalue weighted by Crippen LogP contribution is -2.35. The minimum atomic E-state index is -0.273. The number of likely N-dealkylation sites (tertiary alicyclic amines) is 2. The van der Waals surface area contributed by atoms with Crippen LogP contribution in [-0.2, 0) is 12.8 Å². The minimum Gasteiger partial charge on any atom is -0.507 e. The van der Waals surface area contributed by atoms with E-state index in [4.69, 9.17) is 13.9 Å². The van der Waals surface area contributed by atoms with E-state index in [1.165, 1.54) is 75.1 Å². The number of fused-ring (bicyclic) bond motifs is 1. The summed E-state index contributed by atoms with van der Waals surface area (Å²) in [5.41, 5.74) is 4.06. The Bertz CT molecular complexity index is 1930. The monoisotopic (exact) mass is 728 g/mol. The van der Waals surface area contributed by atoms with Crippen LogP contribution in [0.4, 0.5) is 0 Å². The molecule has 2 aliphatic heterocycles. The van der Waals surface area contributed by atoms with Crippen molar-refractivity contribution in [1.82, 2.24) is 9.80 Å². The standard InChI is InChI=1S/C47H56N2O5/c50-44-33-42(53-30-10-8-24-49-27-21-39(22-28-49)32-37-13-5-2-6-14-37)34-45-46(44)47(51)43(35-54-45)40-15-17-41(18-16-40)52-29-9-7-23-48-25-19-38(20-26-48)31-36-11-3-1-4-12-36/h1-6,11-18,33-35,38-39,50H,7-10,19-32H2. The number of hydrogen-bond acceptors (Lipinski definition) is 7. The number of nitrogens with zero attached hydrogens (tertiary/aromatic N) is 2. The summed E-state index contributed by atoms with van der Waals surface area (Å²) in [5, 5.41) is 11.0. The Kier molecular flexibility index (Phi) is 13.4. The first-order chi connectivity index (χ1) is 26.6. The molecule has 2 saturated heterocycles. The van der Waals surface area contributed by atoms with Crippen LogP contribution in [0.25, 0.3) is 22.1 Å². The molecule has 1 aromatic heterocycles. The molecule has 0 radical (unpaired) electrons. The van der Waals surface area contributed by atoms with Crippen molar-refractivity contribution in [1.29, 1.82) is 0 Å². The van der Waals surface area contributed by atoms with Crippen molar-refractivity contribution in [3.05, 3.63) is 125 Å². The highest BCUT2D eigenvalue weighted by Crippen LogP contribution is 2.31. The van der Waals surface area contributed by atoms with Crippen LogP contribution in [0.5, 0.6) is 17.2 Å². The lowest BCUT2D eigenvalue weighted by molar-refractivity contribution is 0.177. The van der Waals surface area contributed by atoms with E-state index in [9.17, 15) is 9.90 Å². The van der Waals surface area contributed by atoms with Gasteiger partial charge in [0.25, 0.3) is 0 Å². The van der Waals surface area contributed by atoms with Crippen LogP contribution in [0.15, 0.2) is 113 Å². The Morgan fingerprint density at radius 2 is 1.15 bits per heavy atom. The number of ether oxygens (including phenoxy) is 2. The first kappa shape index (κ1) is 37.7. The third-order valence-corrected chi connectivity index (χ3v) is 11.4. The summed E-state index contributed by atoms with van der Waals surface area (Å²) in [4.78, 5) is 18.6. The molecule has 7 nitrogen and oxygen atoms in total. The molecular formula is C47H56N2O5. The highest BCUT2D eigenvalue weighted by atomic mass is 16.5. The molecule has 0 aliphatic carbocycles. The molecule has 54 heavy (non-hydrogen) atoms. The summed E-state index contributed by atoms with van der Waals surface area (Å²) < 4.78 is 17.9. The number of benzene rings is 4. The normalized spacial score (nSPS) is 16.1. The lowest BCUT2D eigenvalue weighted by atomic mass is 9.90. The van der Waals surface area contributed by atoms with Gasteiger partial charge in [-0.05, 0) is 144 Å². The highest BCUT2D eigenvalue weighted by molar-refractivity contribution is 5.88. The van der Waals surface area contributed by atoms with E-state index < -0.39 is 0 Å². The second kappa shape index (κ2) is 19.1. The summed E-state index contributed by atoms with van der Waals surface area (Å²) in [6.45, 7) is 8.09. The summed E-state index contributed by atoms with van der Waals surface area (Å²) in [7, 11) is 0. The minimum absolute atomic E-state index is 0.131. The third kappa shape index (κ3) is 10.5. The second-order valence-corrected chi connectivity index (χ2v) is 15.4. The van der Waals surface area contributed by atoms with E-state index in [-0.39, 0.29) is 16.6 Å². The topological polar surface area (TPSA) is 75.4 Å². The average Bonchev–Trinajstić information content (AvgIpc) is 3.20. The molecule has 2 aliphatic rings. The first-order valence-electron chi connectivity index (χ1n) is 20.2. The zero-order valence-electron chi connectivity index (χ0n) is 31.7. The summed E-state index contributed by atoms with van der Waals surface area (Å²) in [6.07, 6.45) is 13.0. The Hall–Kier alpha value is -4.59. The van der Waals surface area contributed by atoms with Crippen molar-refractivity contribution in [2.75, 3.05) is 52.5 Å². The van der Waals surface area contributed by atoms with Gasteiger partial charge in [0, 0.05) is 12.1 Å². The fourth-order valence-corrected chi connectivity index (χ4v) is 8.20. The molecule has 5 aromatic rings. The van der Waals surface area contributed by atoms with E-state index in [0.717, 1.165) is 69.4 Å². The van der Waals surface area contributed by atoms with Crippen molar-refractivity contribution in [2.45, 2.75) is 64.2 Å². The summed E-state index contributed by atoms with van der Waals surface area (Å²) in [6, 6.07) is 32.4. The van der Waals surface area contributed by atoms with E-state index in [1.54, 1.807) is 6.07 Å². The number of hydrogen-bond donors (Lipinski definition) is 1. The van der Waals surface area contributed by atoms with Gasteiger partial charge < -0.3 is 28.8 Å². The zero-order valence-corrected chi connectivity index (χ0v) is 31.7. The number of rotatable bonds is 17. The number of aromatic hydroxyl groups is 1. The van der Waals surface area contributed by atoms with Crippen LogP contribution in [0, 0.1) is 11.8 Å². The van der Waals surface area contributed by atoms with Gasteiger partial charge in [0.05, 0.1) is 18.8 Å². The van der Waals surface area contributed by atoms with Crippen molar-refractivity contribution in [3.63, 3.8) is 0 Å². The predicted octanol–water partition coefficient (Wildman–Crippen LogP) is 9.39. The van der Waals surface area contributed by atoms with Crippen LogP contribution < -0.4 is 14.9 Å². The maximum absolute atomic E-state index is 13.5. The lowest BCUT2D eigenvalue weighted by Gasteiger charge is -2.32. The quantitative estimate of drug-likeness (QED) is 0.0957. The first-order valence-corrected chi connectivity index (χ1v) is 20.2. The second-order valence-electron chi connectivity index (χ2n) is 15.4. The molecule has 0 bridgehead atoms. The van der Waals surface area contributed by atoms with Gasteiger partial charge in [-0.25, -0.2) is 0 Å². The number of phenolic OH excluding ortho intramolecular Hbond substituents is 1. The Balaban J connectivity index is 0.803. The van der Waals surface area contributed by atoms with E-state index in [0.29, 0.717) is 35.7 Å². The van der Waals surface area contributed by atoms with Crippen molar-refractivity contribution < 1.29 is 19.0 Å². The van der Waals surface area contributed by atoms with Gasteiger partial charge in [-0.15, -0.1) is 0 Å². The van der Waals surface area contributed by atoms with Crippen molar-refractivity contribution >= 4 is 11.0 Å². The smallest absolute Gasteiger partial charge is 0.204 e. The van der Waals surface area contributed by atoms with E-state index in [1.807, 2.05) is 24.3 Å². The zero-order chi connectivity index (χ0) is 37.0. The molecule has 2 fully saturated rings. The molecule has 3 heterocycles. The molecule has 0 unspecified atom stereocenters. The largest absolute Gasteiger partial charge is 0.507 e. The van der Waals surface area contributed by atoms with Gasteiger partial charge in [0.15, 0.2) is 0 Å². The molecule has 0 atom stereocenters. The molecular weight excluding hydrogens is 673 g/mol. The maximum atomic E-state index is 13.5. The molecule has 1 N–H and O–H groups in total. The van der Waals surface area contributed by atoms with E-state index >= 15 is 0 Å². The average molecular weight is 729 g/mol. The molecule has 284 valence electrons. The van der Waals surface area contributed by atoms with Gasteiger partial charge in [-0.3, -0.25) is 4.79 Å². The Morgan fingerprint density at radius 3 is 1.69 bits per heavy atom. The number of phenols is 1. The van der Waals surface area contributed by atoms with Gasteiger partial charge >= 0.3 is 0 Å². The maximum Gasteiger partial charge on any atom is 0.204 e. The molecule has 7 heteroatoms. The SMILES string of the molecule is O=c1c(-c2ccc(OCCCCN3CCC(Cc4ccccc4)CC3)cc2)coc2cc(OCCCCN3CCC(Cc4ccccc4)CC3)cc(O)c12. The van der Waals surface area contributed by atoms with Gasteiger partial charge in [0.2, 0.25) is 5.43 Å². The molecule has 0 spiro atoms. The van der Waals surface area contributed by atoms with Crippen LogP contribution >= 0.6 is 0 Å². The summed E-state index contributed by atoms with van der Waals surface area (Å²) in [5.74, 6) is 2.72. The molecule has 4 aromatic carbocycles. The third-order valence-electron chi connectivity index (χ3n) is 11.4. The van der Waals surface area contributed by atoms with E-state index in [2.05, 4.69) is 70.5 Å². The van der Waals surface area contributed by atoms with Crippen LogP contribution in [0.1, 0.15) is 62.5 Å². The van der Waals surface area contributed by atoms with Crippen LogP contribution in [0.2, 0.25) is 0 Å². The van der Waals surface area contributed by atoms with Crippen molar-refractivity contribution in [2.24, 2.45) is 11.8 Å².